The number of rotatable bonds is 36. The number of ether oxygens (including phenoxy) is 16. The summed E-state index contributed by atoms with van der Waals surface area (Å²) in [6.45, 7) is 7.67. The van der Waals surface area contributed by atoms with Gasteiger partial charge in [-0.3, -0.25) is 0 Å². The first-order valence-electron chi connectivity index (χ1n) is 39.6. The van der Waals surface area contributed by atoms with Gasteiger partial charge in [-0.15, -0.1) is 11.5 Å². The molecule has 0 amide bonds. The molecule has 48 nitrogen and oxygen atoms in total. The van der Waals surface area contributed by atoms with Gasteiger partial charge in [0.2, 0.25) is 0 Å². The quantitative estimate of drug-likeness (QED) is 0.0157. The van der Waals surface area contributed by atoms with Gasteiger partial charge in [-0.25, -0.2) is 0 Å². The van der Waals surface area contributed by atoms with Crippen LogP contribution in [0.5, 0.6) is 0 Å². The summed E-state index contributed by atoms with van der Waals surface area (Å²) < 4.78 is 100.0. The third-order valence-corrected chi connectivity index (χ3v) is 28.8. The van der Waals surface area contributed by atoms with Crippen molar-refractivity contribution in [3.63, 3.8) is 0 Å². The van der Waals surface area contributed by atoms with Gasteiger partial charge in [-0.1, -0.05) is 0 Å². The van der Waals surface area contributed by atoms with Crippen LogP contribution in [-0.2, 0) is 124 Å². The molecule has 0 aromatic rings. The Morgan fingerprint density at radius 3 is 0.404 bits per heavy atom. The molecule has 0 aromatic carbocycles. The zero-order valence-corrected chi connectivity index (χ0v) is 98.1. The van der Waals surface area contributed by atoms with E-state index in [0.29, 0.717) is 0 Å². The SMILES string of the molecule is O=C=O.O=C=O.[CH2-]CSCC1OC2OC3C(CSCCC(=O)[O-])OC(OC4C(CSCCC(=O)[O-])OC(OC5C(CSCCC(=O)[O-])OC(OC6C(CSCCC(=O)[O-])OC(OC7C(CSCCC(=O)[O-])OC(OC8C(CSCCC(=O)[O-])OC(OC9C(CSC[CH2-])OC(OC1C(O)C2O)C(O)C9O)C(O)C8O)C(O)C7O)C(O)C6O)C(O)C5O)C(O)C4O)C(O)C3O.[Na+].[Na+].[Na+].[Na+].[Na+].[Na+].[Na+].[Na+]. The van der Waals surface area contributed by atoms with Crippen LogP contribution in [-0.4, -0.2) is 468 Å². The Morgan fingerprint density at radius 1 is 0.206 bits per heavy atom. The van der Waals surface area contributed by atoms with E-state index < -0.39 is 331 Å². The summed E-state index contributed by atoms with van der Waals surface area (Å²) in [7, 11) is 0. The molecule has 30 saturated heterocycles. The fourth-order valence-corrected chi connectivity index (χ4v) is 21.5. The Labute approximate surface area is 991 Å². The minimum atomic E-state index is -2.33. The number of thioether (sulfide) groups is 8. The normalized spacial score (nSPS) is 38.7. The molecule has 736 valence electrons. The topological polar surface area (TPSA) is 780 Å². The number of aliphatic hydroxyl groups excluding tert-OH is 16. The van der Waals surface area contributed by atoms with E-state index in [1.807, 2.05) is 0 Å². The molecule has 40 unspecified atom stereocenters. The molecule has 30 heterocycles. The number of hydrogen-bond acceptors (Lipinski definition) is 56. The maximum Gasteiger partial charge on any atom is 1.00 e. The van der Waals surface area contributed by atoms with Crippen LogP contribution < -0.4 is 267 Å². The van der Waals surface area contributed by atoms with E-state index >= 15 is 0 Å². The number of carboxylic acids is 6. The van der Waals surface area contributed by atoms with Crippen molar-refractivity contribution in [3.05, 3.63) is 13.8 Å². The molecule has 40 atom stereocenters. The van der Waals surface area contributed by atoms with Crippen molar-refractivity contribution in [3.8, 4) is 0 Å². The van der Waals surface area contributed by atoms with E-state index in [4.69, 9.17) is 95.0 Å². The van der Waals surface area contributed by atoms with E-state index in [1.165, 1.54) is 0 Å². The number of aliphatic hydroxyl groups is 16. The van der Waals surface area contributed by atoms with Gasteiger partial charge in [0.1, 0.15) is 146 Å². The van der Waals surface area contributed by atoms with E-state index in [2.05, 4.69) is 13.8 Å². The van der Waals surface area contributed by atoms with Crippen LogP contribution >= 0.6 is 94.1 Å². The Hall–Kier alpha value is 5.10. The number of carbonyl (C=O) groups is 6. The molecule has 0 saturated carbocycles. The van der Waals surface area contributed by atoms with Gasteiger partial charge in [-0.2, -0.15) is 113 Å². The van der Waals surface area contributed by atoms with Crippen molar-refractivity contribution in [1.29, 1.82) is 0 Å². The van der Waals surface area contributed by atoms with Crippen molar-refractivity contribution >= 4 is 142 Å². The largest absolute Gasteiger partial charge is 1.00 e. The zero-order chi connectivity index (χ0) is 94.5. The first kappa shape index (κ1) is 143. The summed E-state index contributed by atoms with van der Waals surface area (Å²) in [6, 6.07) is 0. The van der Waals surface area contributed by atoms with Crippen LogP contribution in [0.2, 0.25) is 0 Å². The summed E-state index contributed by atoms with van der Waals surface area (Å²) >= 11 is 7.36. The van der Waals surface area contributed by atoms with Gasteiger partial charge < -0.3 is 231 Å². The van der Waals surface area contributed by atoms with Crippen LogP contribution in [0.1, 0.15) is 38.5 Å². The summed E-state index contributed by atoms with van der Waals surface area (Å²) in [4.78, 5) is 102. The molecule has 64 heteroatoms. The van der Waals surface area contributed by atoms with E-state index in [0.717, 1.165) is 94.1 Å². The van der Waals surface area contributed by atoms with Gasteiger partial charge in [0.25, 0.3) is 0 Å². The summed E-state index contributed by atoms with van der Waals surface area (Å²) in [5.41, 5.74) is 0. The Kier molecular flexibility index (Phi) is 78.1. The molecule has 0 spiro atoms. The zero-order valence-electron chi connectivity index (χ0n) is 75.5. The smallest absolute Gasteiger partial charge is 0.550 e. The molecule has 16 N–H and O–H groups in total. The van der Waals surface area contributed by atoms with Gasteiger partial charge >= 0.3 is 249 Å². The second-order valence-corrected chi connectivity index (χ2v) is 38.7. The van der Waals surface area contributed by atoms with Crippen molar-refractivity contribution < 1.29 is 473 Å². The standard InChI is InChI=1S/C70H110O44S8.2CO2.8Na/c1-3-115-17-25-55-40(84)48(92)64(100-25)109-57-27(19-117-11-5-33(71)72)102-66(50(94)42(57)86)111-59-29(21-119-13-7-35(75)76)104-68(52(96)44(59)88)113-61-31(23-121-15-9-37(79)80)106-70(54(98)46(61)90)114-62-32(24-122-16-10-38(81)82)105-69(53(97)45(62)89)112-60-30(22-120-14-8-36(77)78)103-67(51(95)43(60)87)110-58-28(20-118-12-6-34(73)74)101-65(49(93)41(58)85)108-56-26(18-116-4-2)99-63(107-55)47(91)39(56)83;2*2-1-3;;;;;;;;/h25-32,39-70,83-98H,1-24H2,(H,71,72)(H,73,74)(H,75,76)(H,77,78)(H,79,80)(H,81,82);;;;;;;;;;/q-2;;;8*+1/p-6. The minimum absolute atomic E-state index is 0. The molecule has 30 fully saturated rings. The summed E-state index contributed by atoms with van der Waals surface area (Å²) in [5, 5.41) is 264. The maximum atomic E-state index is 12.2. The van der Waals surface area contributed by atoms with Crippen molar-refractivity contribution in [2.45, 2.75) is 284 Å². The second kappa shape index (κ2) is 74.2. The van der Waals surface area contributed by atoms with E-state index in [-0.39, 0.29) is 329 Å². The summed E-state index contributed by atoms with van der Waals surface area (Å²) in [5.74, 6) is -12.4. The first-order chi connectivity index (χ1) is 60.9. The van der Waals surface area contributed by atoms with E-state index in [9.17, 15) is 141 Å². The molecule has 30 aliphatic heterocycles. The van der Waals surface area contributed by atoms with Crippen molar-refractivity contribution in [2.75, 3.05) is 92.0 Å². The number of carboxylic acid groups (broad SMARTS) is 6. The first-order valence-corrected chi connectivity index (χ1v) is 48.9. The number of aliphatic carboxylic acids is 6. The minimum Gasteiger partial charge on any atom is -0.550 e. The summed E-state index contributed by atoms with van der Waals surface area (Å²) in [6.07, 6.45) is -82.8. The maximum absolute atomic E-state index is 12.2. The molecular formula is C72H104Na8O48S8. The van der Waals surface area contributed by atoms with Crippen molar-refractivity contribution in [2.24, 2.45) is 0 Å². The molecular weight excluding hydrogens is 2070 g/mol. The predicted molar refractivity (Wildman–Crippen MR) is 421 cm³/mol. The van der Waals surface area contributed by atoms with Gasteiger partial charge in [0.05, 0.1) is 48.8 Å². The van der Waals surface area contributed by atoms with Crippen LogP contribution in [0.4, 0.5) is 0 Å². The Morgan fingerprint density at radius 2 is 0.309 bits per heavy atom. The van der Waals surface area contributed by atoms with Crippen LogP contribution in [0.25, 0.3) is 0 Å². The predicted octanol–water partition coefficient (Wildman–Crippen LogP) is -40.1. The molecule has 16 bridgehead atoms. The molecule has 0 radical (unpaired) electrons. The van der Waals surface area contributed by atoms with Gasteiger partial charge in [-0.05, 0) is 73.0 Å². The van der Waals surface area contributed by atoms with Crippen LogP contribution in [0, 0.1) is 13.8 Å². The Bertz CT molecular complexity index is 3370. The molecule has 0 aliphatic carbocycles. The average molecular weight is 2180 g/mol. The third kappa shape index (κ3) is 43.4. The monoisotopic (exact) mass is 2180 g/mol. The Balaban J connectivity index is 0. The van der Waals surface area contributed by atoms with Crippen LogP contribution in [0.3, 0.4) is 0 Å². The number of carbonyl (C=O) groups excluding carboxylic acids is 10. The fourth-order valence-electron chi connectivity index (χ4n) is 14.3. The molecule has 136 heavy (non-hydrogen) atoms. The van der Waals surface area contributed by atoms with Gasteiger partial charge in [0.15, 0.2) is 50.3 Å². The van der Waals surface area contributed by atoms with E-state index in [1.54, 1.807) is 0 Å². The average Bonchev–Trinajstić information content (AvgIpc) is 0.770. The third-order valence-electron chi connectivity index (χ3n) is 20.7. The molecule has 0 aromatic heterocycles. The van der Waals surface area contributed by atoms with Crippen molar-refractivity contribution in [1.82, 2.24) is 0 Å². The molecule has 30 rings (SSSR count). The number of hydrogen-bond donors (Lipinski definition) is 16. The van der Waals surface area contributed by atoms with Crippen LogP contribution in [0.15, 0.2) is 0 Å². The fraction of sp³-hybridized carbons (Fsp3) is 0.861. The second-order valence-electron chi connectivity index (χ2n) is 29.5. The van der Waals surface area contributed by atoms with Gasteiger partial charge in [0, 0.05) is 81.8 Å². The molecule has 30 aliphatic rings.